The molecule has 1 heterocycles. The second-order valence-electron chi connectivity index (χ2n) is 4.81. The first-order valence-corrected chi connectivity index (χ1v) is 6.35. The van der Waals surface area contributed by atoms with Crippen molar-refractivity contribution in [2.75, 3.05) is 26.2 Å². The highest BCUT2D eigenvalue weighted by Gasteiger charge is 2.23. The second-order valence-corrected chi connectivity index (χ2v) is 4.81. The summed E-state index contributed by atoms with van der Waals surface area (Å²) >= 11 is 0. The lowest BCUT2D eigenvalue weighted by Gasteiger charge is -2.30. The average Bonchev–Trinajstić information content (AvgIpc) is 2.41. The van der Waals surface area contributed by atoms with E-state index in [1.54, 1.807) is 19.1 Å². The van der Waals surface area contributed by atoms with E-state index in [4.69, 9.17) is 0 Å². The molecule has 1 aliphatic rings. The zero-order valence-electron chi connectivity index (χ0n) is 10.9. The van der Waals surface area contributed by atoms with Crippen molar-refractivity contribution in [2.24, 2.45) is 0 Å². The molecule has 3 nitrogen and oxygen atoms in total. The van der Waals surface area contributed by atoms with Crippen LogP contribution in [0.15, 0.2) is 18.2 Å². The van der Waals surface area contributed by atoms with Crippen LogP contribution in [0.1, 0.15) is 24.0 Å². The Labute approximate surface area is 107 Å². The van der Waals surface area contributed by atoms with Gasteiger partial charge in [-0.25, -0.2) is 4.39 Å². The molecule has 0 radical (unpaired) electrons. The van der Waals surface area contributed by atoms with Crippen LogP contribution in [0.2, 0.25) is 0 Å². The van der Waals surface area contributed by atoms with Crippen LogP contribution in [0.3, 0.4) is 0 Å². The lowest BCUT2D eigenvalue weighted by atomic mass is 9.97. The average molecular weight is 250 g/mol. The van der Waals surface area contributed by atoms with Crippen molar-refractivity contribution in [3.8, 4) is 0 Å². The van der Waals surface area contributed by atoms with Crippen molar-refractivity contribution in [3.05, 3.63) is 35.1 Å². The normalized spacial score (nSPS) is 17.6. The summed E-state index contributed by atoms with van der Waals surface area (Å²) in [6.45, 7) is 6.81. The largest absolute Gasteiger partial charge is 0.340 e. The molecule has 0 aliphatic carbocycles. The van der Waals surface area contributed by atoms with Gasteiger partial charge in [0, 0.05) is 26.2 Å². The van der Waals surface area contributed by atoms with Gasteiger partial charge in [-0.1, -0.05) is 12.1 Å². The van der Waals surface area contributed by atoms with Crippen LogP contribution in [-0.2, 0) is 4.79 Å². The maximum absolute atomic E-state index is 13.2. The third-order valence-electron chi connectivity index (χ3n) is 3.48. The van der Waals surface area contributed by atoms with Gasteiger partial charge in [0.2, 0.25) is 5.91 Å². The van der Waals surface area contributed by atoms with Crippen LogP contribution in [0.25, 0.3) is 0 Å². The molecule has 0 spiro atoms. The summed E-state index contributed by atoms with van der Waals surface area (Å²) in [6.07, 6.45) is 0. The van der Waals surface area contributed by atoms with Gasteiger partial charge in [-0.15, -0.1) is 0 Å². The summed E-state index contributed by atoms with van der Waals surface area (Å²) in [5.41, 5.74) is 1.48. The van der Waals surface area contributed by atoms with E-state index in [-0.39, 0.29) is 17.6 Å². The first kappa shape index (κ1) is 13.0. The molecule has 1 aromatic rings. The van der Waals surface area contributed by atoms with E-state index in [2.05, 4.69) is 5.32 Å². The number of hydrogen-bond donors (Lipinski definition) is 1. The summed E-state index contributed by atoms with van der Waals surface area (Å²) in [5.74, 6) is -0.300. The minimum atomic E-state index is -0.222. The molecule has 1 N–H and O–H groups in total. The van der Waals surface area contributed by atoms with Crippen LogP contribution in [0.4, 0.5) is 4.39 Å². The van der Waals surface area contributed by atoms with Crippen LogP contribution in [-0.4, -0.2) is 37.0 Å². The monoisotopic (exact) mass is 250 g/mol. The number of nitrogens with one attached hydrogen (secondary N) is 1. The van der Waals surface area contributed by atoms with E-state index in [0.717, 1.165) is 31.7 Å². The number of halogens is 1. The number of rotatable bonds is 2. The van der Waals surface area contributed by atoms with Crippen molar-refractivity contribution < 1.29 is 9.18 Å². The zero-order valence-corrected chi connectivity index (χ0v) is 10.9. The molecule has 1 aromatic carbocycles. The lowest BCUT2D eigenvalue weighted by Crippen LogP contribution is -2.47. The quantitative estimate of drug-likeness (QED) is 0.866. The standard InChI is InChI=1S/C14H19FN2O/c1-10-9-12(3-4-13(10)15)11(2)14(18)17-7-5-16-6-8-17/h3-4,9,11,16H,5-8H2,1-2H3. The Hall–Kier alpha value is -1.42. The Bertz CT molecular complexity index is 441. The predicted octanol–water partition coefficient (Wildman–Crippen LogP) is 1.67. The summed E-state index contributed by atoms with van der Waals surface area (Å²) in [6, 6.07) is 4.90. The van der Waals surface area contributed by atoms with Gasteiger partial charge in [-0.2, -0.15) is 0 Å². The second kappa shape index (κ2) is 5.48. The van der Waals surface area contributed by atoms with Gasteiger partial charge in [0.25, 0.3) is 0 Å². The molecule has 0 aromatic heterocycles. The van der Waals surface area contributed by atoms with E-state index in [0.29, 0.717) is 5.56 Å². The number of nitrogens with zero attached hydrogens (tertiary/aromatic N) is 1. The highest BCUT2D eigenvalue weighted by atomic mass is 19.1. The van der Waals surface area contributed by atoms with Crippen molar-refractivity contribution in [3.63, 3.8) is 0 Å². The fourth-order valence-corrected chi connectivity index (χ4v) is 2.24. The SMILES string of the molecule is Cc1cc(C(C)C(=O)N2CCNCC2)ccc1F. The first-order chi connectivity index (χ1) is 8.59. The van der Waals surface area contributed by atoms with Gasteiger partial charge in [-0.05, 0) is 31.0 Å². The van der Waals surface area contributed by atoms with Gasteiger partial charge in [0.1, 0.15) is 5.82 Å². The van der Waals surface area contributed by atoms with Gasteiger partial charge >= 0.3 is 0 Å². The molecular formula is C14H19FN2O. The molecule has 1 fully saturated rings. The zero-order chi connectivity index (χ0) is 13.1. The molecule has 98 valence electrons. The maximum Gasteiger partial charge on any atom is 0.229 e. The van der Waals surface area contributed by atoms with Crippen LogP contribution >= 0.6 is 0 Å². The lowest BCUT2D eigenvalue weighted by molar-refractivity contribution is -0.133. The van der Waals surface area contributed by atoms with Crippen molar-refractivity contribution in [1.82, 2.24) is 10.2 Å². The molecule has 1 saturated heterocycles. The predicted molar refractivity (Wildman–Crippen MR) is 69.0 cm³/mol. The van der Waals surface area contributed by atoms with Gasteiger partial charge in [0.05, 0.1) is 5.92 Å². The third-order valence-corrected chi connectivity index (χ3v) is 3.48. The number of piperazine rings is 1. The topological polar surface area (TPSA) is 32.3 Å². The van der Waals surface area contributed by atoms with Crippen molar-refractivity contribution in [2.45, 2.75) is 19.8 Å². The molecular weight excluding hydrogens is 231 g/mol. The molecule has 1 atom stereocenters. The fraction of sp³-hybridized carbons (Fsp3) is 0.500. The Morgan fingerprint density at radius 3 is 2.67 bits per heavy atom. The molecule has 1 amide bonds. The minimum Gasteiger partial charge on any atom is -0.340 e. The minimum absolute atomic E-state index is 0.127. The Balaban J connectivity index is 2.11. The van der Waals surface area contributed by atoms with Gasteiger partial charge in [0.15, 0.2) is 0 Å². The maximum atomic E-state index is 13.2. The van der Waals surface area contributed by atoms with E-state index in [9.17, 15) is 9.18 Å². The highest BCUT2D eigenvalue weighted by Crippen LogP contribution is 2.20. The molecule has 0 saturated carbocycles. The smallest absolute Gasteiger partial charge is 0.229 e. The Kier molecular flexibility index (Phi) is 3.97. The molecule has 2 rings (SSSR count). The Morgan fingerprint density at radius 2 is 2.06 bits per heavy atom. The molecule has 1 aliphatic heterocycles. The van der Waals surface area contributed by atoms with Crippen molar-refractivity contribution >= 4 is 5.91 Å². The Morgan fingerprint density at radius 1 is 1.39 bits per heavy atom. The van der Waals surface area contributed by atoms with E-state index in [1.165, 1.54) is 6.07 Å². The van der Waals surface area contributed by atoms with Crippen LogP contribution in [0, 0.1) is 12.7 Å². The number of amides is 1. The van der Waals surface area contributed by atoms with Crippen LogP contribution < -0.4 is 5.32 Å². The summed E-state index contributed by atoms with van der Waals surface area (Å²) in [7, 11) is 0. The van der Waals surface area contributed by atoms with Gasteiger partial charge in [-0.3, -0.25) is 4.79 Å². The summed E-state index contributed by atoms with van der Waals surface area (Å²) in [4.78, 5) is 14.2. The van der Waals surface area contributed by atoms with Crippen LogP contribution in [0.5, 0.6) is 0 Å². The molecule has 1 unspecified atom stereocenters. The number of hydrogen-bond acceptors (Lipinski definition) is 2. The summed E-state index contributed by atoms with van der Waals surface area (Å²) in [5, 5.41) is 3.22. The van der Waals surface area contributed by atoms with Gasteiger partial charge < -0.3 is 10.2 Å². The van der Waals surface area contributed by atoms with E-state index in [1.807, 2.05) is 11.8 Å². The van der Waals surface area contributed by atoms with E-state index < -0.39 is 0 Å². The number of benzene rings is 1. The highest BCUT2D eigenvalue weighted by molar-refractivity contribution is 5.83. The molecule has 0 bridgehead atoms. The van der Waals surface area contributed by atoms with E-state index >= 15 is 0 Å². The number of carbonyl (C=O) groups is 1. The fourth-order valence-electron chi connectivity index (χ4n) is 2.24. The summed E-state index contributed by atoms with van der Waals surface area (Å²) < 4.78 is 13.2. The first-order valence-electron chi connectivity index (χ1n) is 6.35. The third kappa shape index (κ3) is 2.70. The number of carbonyl (C=O) groups excluding carboxylic acids is 1. The molecule has 18 heavy (non-hydrogen) atoms. The molecule has 4 heteroatoms. The number of aryl methyl sites for hydroxylation is 1. The van der Waals surface area contributed by atoms with Crippen molar-refractivity contribution in [1.29, 1.82) is 0 Å².